The largest absolute Gasteiger partial charge is 0.496 e. The minimum absolute atomic E-state index is 0.588. The monoisotopic (exact) mass is 236 g/mol. The summed E-state index contributed by atoms with van der Waals surface area (Å²) in [5, 5.41) is 0. The fraction of sp³-hybridized carbons (Fsp3) is 0.0588. The third-order valence-electron chi connectivity index (χ3n) is 2.52. The summed E-state index contributed by atoms with van der Waals surface area (Å²) in [6.07, 6.45) is 19.6. The molecule has 0 saturated heterocycles. The Kier molecular flexibility index (Phi) is 4.82. The first-order valence-electron chi connectivity index (χ1n) is 5.99. The lowest BCUT2D eigenvalue weighted by atomic mass is 10.1. The second-order valence-corrected chi connectivity index (χ2v) is 3.85. The van der Waals surface area contributed by atoms with Crippen molar-refractivity contribution in [2.24, 2.45) is 0 Å². The van der Waals surface area contributed by atoms with Gasteiger partial charge in [0, 0.05) is 0 Å². The van der Waals surface area contributed by atoms with Gasteiger partial charge in [-0.1, -0.05) is 72.9 Å². The molecule has 0 saturated carbocycles. The van der Waals surface area contributed by atoms with E-state index >= 15 is 0 Å². The van der Waals surface area contributed by atoms with Crippen molar-refractivity contribution < 1.29 is 4.74 Å². The first kappa shape index (κ1) is 12.2. The van der Waals surface area contributed by atoms with Crippen LogP contribution in [0, 0.1) is 0 Å². The van der Waals surface area contributed by atoms with E-state index < -0.39 is 0 Å². The maximum absolute atomic E-state index is 5.50. The molecule has 0 amide bonds. The second kappa shape index (κ2) is 7.13. The number of ether oxygens (including phenoxy) is 1. The Morgan fingerprint density at radius 1 is 0.722 bits per heavy atom. The summed E-state index contributed by atoms with van der Waals surface area (Å²) in [4.78, 5) is 0. The summed E-state index contributed by atoms with van der Waals surface area (Å²) >= 11 is 0. The molecule has 2 rings (SSSR count). The highest BCUT2D eigenvalue weighted by atomic mass is 16.5. The van der Waals surface area contributed by atoms with Crippen LogP contribution in [0.4, 0.5) is 0 Å². The average molecular weight is 236 g/mol. The van der Waals surface area contributed by atoms with E-state index in [0.717, 1.165) is 0 Å². The van der Waals surface area contributed by atoms with E-state index in [-0.39, 0.29) is 0 Å². The molecule has 0 aromatic heterocycles. The lowest BCUT2D eigenvalue weighted by Crippen LogP contribution is -1.90. The molecule has 18 heavy (non-hydrogen) atoms. The molecule has 1 aromatic carbocycles. The molecule has 0 unspecified atom stereocenters. The Hall–Kier alpha value is -2.28. The van der Waals surface area contributed by atoms with E-state index in [1.54, 1.807) is 6.26 Å². The molecule has 0 N–H and O–H groups in total. The Morgan fingerprint density at radius 2 is 1.39 bits per heavy atom. The van der Waals surface area contributed by atoms with Crippen LogP contribution in [0.1, 0.15) is 11.1 Å². The van der Waals surface area contributed by atoms with E-state index in [2.05, 4.69) is 18.2 Å². The van der Waals surface area contributed by atoms with Crippen LogP contribution in [0.2, 0.25) is 0 Å². The van der Waals surface area contributed by atoms with E-state index in [9.17, 15) is 0 Å². The van der Waals surface area contributed by atoms with Crippen molar-refractivity contribution in [1.82, 2.24) is 0 Å². The van der Waals surface area contributed by atoms with Crippen molar-refractivity contribution in [2.75, 3.05) is 0 Å². The van der Waals surface area contributed by atoms with Crippen LogP contribution < -0.4 is 0 Å². The third kappa shape index (κ3) is 3.95. The molecular formula is C17H16O. The zero-order valence-corrected chi connectivity index (χ0v) is 10.2. The van der Waals surface area contributed by atoms with Crippen molar-refractivity contribution in [2.45, 2.75) is 6.61 Å². The highest BCUT2D eigenvalue weighted by Gasteiger charge is 1.97. The van der Waals surface area contributed by atoms with Crippen molar-refractivity contribution in [3.8, 4) is 0 Å². The molecule has 0 fully saturated rings. The van der Waals surface area contributed by atoms with Gasteiger partial charge in [-0.2, -0.15) is 0 Å². The zero-order chi connectivity index (χ0) is 12.5. The molecule has 0 bridgehead atoms. The highest BCUT2D eigenvalue weighted by molar-refractivity contribution is 5.55. The van der Waals surface area contributed by atoms with Gasteiger partial charge in [0.1, 0.15) is 6.61 Å². The maximum Gasteiger partial charge on any atom is 0.113 e. The van der Waals surface area contributed by atoms with Crippen molar-refractivity contribution in [3.63, 3.8) is 0 Å². The normalized spacial score (nSPS) is 20.2. The molecule has 1 heterocycles. The standard InChI is InChI=1S/C17H16O/c1-2-4-6-10-14-18-15-17-13-9-8-12-16(17)11-7-5-3-1/h1-14H,15H2/b2-1?,5-3-,6-4?,11-7-,14-10-. The van der Waals surface area contributed by atoms with Crippen LogP contribution in [0.15, 0.2) is 79.1 Å². The summed E-state index contributed by atoms with van der Waals surface area (Å²) in [5.74, 6) is 0. The van der Waals surface area contributed by atoms with E-state index in [4.69, 9.17) is 4.74 Å². The molecule has 1 aliphatic rings. The first-order chi connectivity index (χ1) is 8.97. The smallest absolute Gasteiger partial charge is 0.113 e. The van der Waals surface area contributed by atoms with Crippen LogP contribution >= 0.6 is 0 Å². The van der Waals surface area contributed by atoms with Gasteiger partial charge in [-0.05, 0) is 17.2 Å². The number of allylic oxidation sites excluding steroid dienone is 8. The Bertz CT molecular complexity index is 516. The van der Waals surface area contributed by atoms with E-state index in [0.29, 0.717) is 6.61 Å². The lowest BCUT2D eigenvalue weighted by Gasteiger charge is -2.05. The molecule has 0 spiro atoms. The average Bonchev–Trinajstić information content (AvgIpc) is 2.41. The quantitative estimate of drug-likeness (QED) is 0.648. The molecule has 1 aromatic rings. The summed E-state index contributed by atoms with van der Waals surface area (Å²) in [7, 11) is 0. The molecule has 90 valence electrons. The van der Waals surface area contributed by atoms with Gasteiger partial charge in [0.15, 0.2) is 0 Å². The molecule has 0 radical (unpaired) electrons. The number of rotatable bonds is 0. The number of hydrogen-bond acceptors (Lipinski definition) is 1. The van der Waals surface area contributed by atoms with Gasteiger partial charge in [-0.25, -0.2) is 0 Å². The Balaban J connectivity index is 2.23. The molecular weight excluding hydrogens is 220 g/mol. The van der Waals surface area contributed by atoms with Gasteiger partial charge < -0.3 is 4.74 Å². The number of benzene rings is 1. The first-order valence-corrected chi connectivity index (χ1v) is 5.99. The predicted octanol–water partition coefficient (Wildman–Crippen LogP) is 4.41. The minimum atomic E-state index is 0.588. The number of fused-ring (bicyclic) bond motifs is 1. The van der Waals surface area contributed by atoms with Gasteiger partial charge in [0.2, 0.25) is 0 Å². The second-order valence-electron chi connectivity index (χ2n) is 3.85. The van der Waals surface area contributed by atoms with Gasteiger partial charge in [0.25, 0.3) is 0 Å². The molecule has 1 aliphatic heterocycles. The highest BCUT2D eigenvalue weighted by Crippen LogP contribution is 2.12. The fourth-order valence-electron chi connectivity index (χ4n) is 1.61. The Morgan fingerprint density at radius 3 is 2.22 bits per heavy atom. The minimum Gasteiger partial charge on any atom is -0.496 e. The van der Waals surface area contributed by atoms with Crippen molar-refractivity contribution in [1.29, 1.82) is 0 Å². The van der Waals surface area contributed by atoms with Crippen LogP contribution in [0.5, 0.6) is 0 Å². The van der Waals surface area contributed by atoms with Crippen LogP contribution in [0.25, 0.3) is 6.08 Å². The predicted molar refractivity (Wildman–Crippen MR) is 76.8 cm³/mol. The Labute approximate surface area is 108 Å². The van der Waals surface area contributed by atoms with Crippen LogP contribution in [0.3, 0.4) is 0 Å². The summed E-state index contributed by atoms with van der Waals surface area (Å²) in [6.45, 7) is 0.588. The topological polar surface area (TPSA) is 9.23 Å². The zero-order valence-electron chi connectivity index (χ0n) is 10.2. The summed E-state index contributed by atoms with van der Waals surface area (Å²) in [5.41, 5.74) is 2.37. The van der Waals surface area contributed by atoms with Gasteiger partial charge >= 0.3 is 0 Å². The SMILES string of the molecule is C1=C/C=C\C=C/c2ccccc2CO/C=C\C=C1. The van der Waals surface area contributed by atoms with Crippen LogP contribution in [-0.4, -0.2) is 0 Å². The van der Waals surface area contributed by atoms with E-state index in [1.807, 2.05) is 60.7 Å². The van der Waals surface area contributed by atoms with Gasteiger partial charge in [-0.3, -0.25) is 0 Å². The van der Waals surface area contributed by atoms with Gasteiger partial charge in [0.05, 0.1) is 6.26 Å². The van der Waals surface area contributed by atoms with E-state index in [1.165, 1.54) is 11.1 Å². The third-order valence-corrected chi connectivity index (χ3v) is 2.52. The van der Waals surface area contributed by atoms with Crippen molar-refractivity contribution in [3.05, 3.63) is 90.3 Å². The maximum atomic E-state index is 5.50. The summed E-state index contributed by atoms with van der Waals surface area (Å²) in [6, 6.07) is 8.24. The summed E-state index contributed by atoms with van der Waals surface area (Å²) < 4.78 is 5.50. The van der Waals surface area contributed by atoms with Crippen molar-refractivity contribution >= 4 is 6.08 Å². The molecule has 0 atom stereocenters. The lowest BCUT2D eigenvalue weighted by molar-refractivity contribution is 0.236. The molecule has 1 nitrogen and oxygen atoms in total. The van der Waals surface area contributed by atoms with Crippen LogP contribution in [-0.2, 0) is 11.3 Å². The van der Waals surface area contributed by atoms with Gasteiger partial charge in [-0.15, -0.1) is 0 Å². The number of hydrogen-bond donors (Lipinski definition) is 0. The molecule has 0 aliphatic carbocycles. The fourth-order valence-corrected chi connectivity index (χ4v) is 1.61. The molecule has 1 heteroatoms.